The van der Waals surface area contributed by atoms with Gasteiger partial charge in [-0.15, -0.1) is 0 Å². The van der Waals surface area contributed by atoms with Crippen LogP contribution in [0, 0.1) is 0 Å². The van der Waals surface area contributed by atoms with E-state index in [1.807, 2.05) is 31.3 Å². The van der Waals surface area contributed by atoms with E-state index in [9.17, 15) is 4.79 Å². The third-order valence-corrected chi connectivity index (χ3v) is 4.17. The summed E-state index contributed by atoms with van der Waals surface area (Å²) in [6, 6.07) is 7.91. The molecule has 0 aromatic heterocycles. The number of fused-ring (bicyclic) bond motifs is 2. The van der Waals surface area contributed by atoms with Gasteiger partial charge < -0.3 is 9.64 Å². The van der Waals surface area contributed by atoms with Gasteiger partial charge in [0.15, 0.2) is 5.60 Å². The average molecular weight is 329 g/mol. The largest absolute Gasteiger partial charge is 0.359 e. The van der Waals surface area contributed by atoms with Gasteiger partial charge in [-0.1, -0.05) is 40.8 Å². The molecule has 1 aromatic carbocycles. The number of amides is 1. The predicted molar refractivity (Wildman–Crippen MR) is 69.9 cm³/mol. The van der Waals surface area contributed by atoms with E-state index in [1.54, 1.807) is 4.90 Å². The monoisotopic (exact) mass is 329 g/mol. The molecule has 0 aliphatic carbocycles. The van der Waals surface area contributed by atoms with E-state index in [0.29, 0.717) is 10.5 Å². The molecule has 1 saturated heterocycles. The number of carbonyl (C=O) groups excluding carboxylic acids is 1. The minimum atomic E-state index is -0.697. The Bertz CT molecular complexity index is 462. The molecular formula is C12H12INO2. The zero-order valence-corrected chi connectivity index (χ0v) is 11.1. The molecule has 0 bridgehead atoms. The van der Waals surface area contributed by atoms with Gasteiger partial charge in [0.05, 0.1) is 12.3 Å². The van der Waals surface area contributed by atoms with E-state index in [0.717, 1.165) is 17.7 Å². The lowest BCUT2D eigenvalue weighted by Gasteiger charge is -2.21. The second kappa shape index (κ2) is 3.43. The minimum absolute atomic E-state index is 0.0767. The van der Waals surface area contributed by atoms with Crippen LogP contribution in [0.3, 0.4) is 0 Å². The fraction of sp³-hybridized carbons (Fsp3) is 0.417. The van der Waals surface area contributed by atoms with Crippen molar-refractivity contribution in [2.75, 3.05) is 18.6 Å². The van der Waals surface area contributed by atoms with Crippen LogP contribution in [0.4, 0.5) is 5.69 Å². The van der Waals surface area contributed by atoms with E-state index in [1.165, 1.54) is 0 Å². The smallest absolute Gasteiger partial charge is 0.263 e. The van der Waals surface area contributed by atoms with Crippen LogP contribution in [0.1, 0.15) is 12.0 Å². The van der Waals surface area contributed by atoms with E-state index < -0.39 is 5.60 Å². The summed E-state index contributed by atoms with van der Waals surface area (Å²) < 4.78 is 6.24. The van der Waals surface area contributed by atoms with Crippen molar-refractivity contribution in [1.29, 1.82) is 0 Å². The number of alkyl halides is 1. The van der Waals surface area contributed by atoms with Gasteiger partial charge in [0.2, 0.25) is 0 Å². The number of anilines is 1. The van der Waals surface area contributed by atoms with Crippen LogP contribution < -0.4 is 4.90 Å². The van der Waals surface area contributed by atoms with Crippen molar-refractivity contribution >= 4 is 34.2 Å². The van der Waals surface area contributed by atoms with Gasteiger partial charge in [-0.2, -0.15) is 0 Å². The summed E-state index contributed by atoms with van der Waals surface area (Å²) in [5, 5.41) is 0. The molecule has 2 aliphatic rings. The number of hydrogen-bond acceptors (Lipinski definition) is 2. The number of likely N-dealkylation sites (N-methyl/N-ethyl adjacent to an activating group) is 1. The number of ether oxygens (including phenoxy) is 1. The first kappa shape index (κ1) is 10.5. The molecule has 4 heteroatoms. The molecule has 84 valence electrons. The fourth-order valence-electron chi connectivity index (χ4n) is 2.60. The summed E-state index contributed by atoms with van der Waals surface area (Å²) in [6.07, 6.45) is 0.785. The molecule has 0 unspecified atom stereocenters. The van der Waals surface area contributed by atoms with Crippen molar-refractivity contribution in [2.24, 2.45) is 0 Å². The van der Waals surface area contributed by atoms with Crippen LogP contribution in [0.25, 0.3) is 0 Å². The Morgan fingerprint density at radius 2 is 2.25 bits per heavy atom. The number of rotatable bonds is 0. The maximum Gasteiger partial charge on any atom is 0.263 e. The van der Waals surface area contributed by atoms with E-state index in [2.05, 4.69) is 22.6 Å². The Labute approximate surface area is 108 Å². The summed E-state index contributed by atoms with van der Waals surface area (Å²) in [6.45, 7) is 0.661. The summed E-state index contributed by atoms with van der Waals surface area (Å²) in [5.74, 6) is 0.0767. The summed E-state index contributed by atoms with van der Waals surface area (Å²) in [5.41, 5.74) is 1.32. The van der Waals surface area contributed by atoms with Crippen molar-refractivity contribution in [3.8, 4) is 0 Å². The maximum absolute atomic E-state index is 12.3. The van der Waals surface area contributed by atoms with E-state index in [-0.39, 0.29) is 5.91 Å². The molecule has 1 aromatic rings. The quantitative estimate of drug-likeness (QED) is 0.539. The Kier molecular flexibility index (Phi) is 2.26. The number of para-hydroxylation sites is 1. The predicted octanol–water partition coefficient (Wildman–Crippen LogP) is 2.08. The molecule has 1 spiro atoms. The van der Waals surface area contributed by atoms with Crippen LogP contribution in [0.5, 0.6) is 0 Å². The molecule has 1 amide bonds. The number of nitrogens with zero attached hydrogens (tertiary/aromatic N) is 1. The molecule has 3 nitrogen and oxygen atoms in total. The number of hydrogen-bond donors (Lipinski definition) is 0. The standard InChI is InChI=1S/C12H12INO2/c1-14-10-5-3-2-4-9(10)12(11(14)15)6-8(13)7-16-12/h2-5,8H,6-7H2,1H3/t8-,12+/m1/s1. The van der Waals surface area contributed by atoms with Crippen molar-refractivity contribution < 1.29 is 9.53 Å². The SMILES string of the molecule is CN1C(=O)[C@]2(C[C@@H](I)CO2)c2ccccc21. The first-order valence-electron chi connectivity index (χ1n) is 5.31. The number of benzene rings is 1. The van der Waals surface area contributed by atoms with E-state index >= 15 is 0 Å². The molecule has 0 saturated carbocycles. The maximum atomic E-state index is 12.3. The lowest BCUT2D eigenvalue weighted by Crippen LogP contribution is -2.38. The highest BCUT2D eigenvalue weighted by Gasteiger charge is 2.54. The van der Waals surface area contributed by atoms with Crippen LogP contribution in [-0.4, -0.2) is 23.5 Å². The topological polar surface area (TPSA) is 29.5 Å². The van der Waals surface area contributed by atoms with Gasteiger partial charge in [-0.3, -0.25) is 4.79 Å². The molecule has 2 atom stereocenters. The number of carbonyl (C=O) groups is 1. The zero-order chi connectivity index (χ0) is 11.3. The second-order valence-electron chi connectivity index (χ2n) is 4.32. The lowest BCUT2D eigenvalue weighted by molar-refractivity contribution is -0.137. The van der Waals surface area contributed by atoms with Crippen molar-refractivity contribution in [1.82, 2.24) is 0 Å². The van der Waals surface area contributed by atoms with Gasteiger partial charge >= 0.3 is 0 Å². The third-order valence-electron chi connectivity index (χ3n) is 3.37. The molecule has 16 heavy (non-hydrogen) atoms. The van der Waals surface area contributed by atoms with Gasteiger partial charge in [0.1, 0.15) is 0 Å². The van der Waals surface area contributed by atoms with Crippen LogP contribution in [0.15, 0.2) is 24.3 Å². The second-order valence-corrected chi connectivity index (χ2v) is 6.08. The van der Waals surface area contributed by atoms with Crippen LogP contribution >= 0.6 is 22.6 Å². The molecule has 3 rings (SSSR count). The molecule has 2 heterocycles. The highest BCUT2D eigenvalue weighted by Crippen LogP contribution is 2.48. The Morgan fingerprint density at radius 3 is 2.94 bits per heavy atom. The Balaban J connectivity index is 2.17. The van der Waals surface area contributed by atoms with Crippen molar-refractivity contribution in [3.63, 3.8) is 0 Å². The van der Waals surface area contributed by atoms with E-state index in [4.69, 9.17) is 4.74 Å². The summed E-state index contributed by atoms with van der Waals surface area (Å²) in [4.78, 5) is 14.0. The fourth-order valence-corrected chi connectivity index (χ4v) is 3.40. The number of halogens is 1. The average Bonchev–Trinajstić information content (AvgIpc) is 2.78. The lowest BCUT2D eigenvalue weighted by atomic mass is 9.92. The van der Waals surface area contributed by atoms with Crippen LogP contribution in [0.2, 0.25) is 0 Å². The van der Waals surface area contributed by atoms with Crippen molar-refractivity contribution in [2.45, 2.75) is 15.9 Å². The van der Waals surface area contributed by atoms with Crippen LogP contribution in [-0.2, 0) is 15.1 Å². The molecule has 1 fully saturated rings. The molecule has 0 N–H and O–H groups in total. The third kappa shape index (κ3) is 1.20. The van der Waals surface area contributed by atoms with Gasteiger partial charge in [-0.25, -0.2) is 0 Å². The van der Waals surface area contributed by atoms with Crippen molar-refractivity contribution in [3.05, 3.63) is 29.8 Å². The highest BCUT2D eigenvalue weighted by molar-refractivity contribution is 14.1. The van der Waals surface area contributed by atoms with Gasteiger partial charge in [0, 0.05) is 23.0 Å². The van der Waals surface area contributed by atoms with Gasteiger partial charge in [0.25, 0.3) is 5.91 Å². The zero-order valence-electron chi connectivity index (χ0n) is 8.94. The first-order valence-corrected chi connectivity index (χ1v) is 6.55. The minimum Gasteiger partial charge on any atom is -0.359 e. The summed E-state index contributed by atoms with van der Waals surface area (Å²) in [7, 11) is 1.82. The molecular weight excluding hydrogens is 317 g/mol. The highest BCUT2D eigenvalue weighted by atomic mass is 127. The van der Waals surface area contributed by atoms with Gasteiger partial charge in [-0.05, 0) is 6.07 Å². The Morgan fingerprint density at radius 1 is 1.50 bits per heavy atom. The summed E-state index contributed by atoms with van der Waals surface area (Å²) >= 11 is 2.35. The normalized spacial score (nSPS) is 32.5. The molecule has 2 aliphatic heterocycles. The Hall–Kier alpha value is -0.620. The molecule has 0 radical (unpaired) electrons. The first-order chi connectivity index (χ1) is 7.65.